The molecule has 0 aliphatic carbocycles. The maximum Gasteiger partial charge on any atom is 0.309 e. The number of H-pyrrole nitrogens is 1. The molecule has 0 radical (unpaired) electrons. The number of esters is 1. The van der Waals surface area contributed by atoms with Crippen molar-refractivity contribution in [2.24, 2.45) is 11.8 Å². The standard InChI is InChI=1S/C38H43N3O5/c42-25-32(21-28-14-6-2-7-15-28)40-36(43)23-29-16-8-3-9-17-30(20-27-12-4-1-5-13-27)38(45)46-26-33(41-37(29)44)22-31-24-39-35-19-11-10-18-34(31)35/h1-8,10-15,18-19,24,29-30,32-33,39,42H,9,16-17,20-23,25-26H2,(H,40,43)(H,41,44)/t29-,30-,32+,33+/m1/s1. The van der Waals surface area contributed by atoms with Crippen molar-refractivity contribution >= 4 is 28.7 Å². The minimum atomic E-state index is -0.630. The lowest BCUT2D eigenvalue weighted by Crippen LogP contribution is -2.45. The summed E-state index contributed by atoms with van der Waals surface area (Å²) >= 11 is 0. The summed E-state index contributed by atoms with van der Waals surface area (Å²) < 4.78 is 5.91. The largest absolute Gasteiger partial charge is 0.463 e. The zero-order chi connectivity index (χ0) is 32.1. The number of carbonyl (C=O) groups excluding carboxylic acids is 3. The zero-order valence-electron chi connectivity index (χ0n) is 26.1. The minimum Gasteiger partial charge on any atom is -0.463 e. The number of carbonyl (C=O) groups is 3. The fraction of sp³-hybridized carbons (Fsp3) is 0.342. The number of aliphatic hydroxyl groups excluding tert-OH is 1. The van der Waals surface area contributed by atoms with E-state index in [9.17, 15) is 19.5 Å². The number of para-hydroxylation sites is 1. The predicted octanol–water partition coefficient (Wildman–Crippen LogP) is 5.06. The van der Waals surface area contributed by atoms with E-state index in [2.05, 4.69) is 15.6 Å². The number of benzene rings is 3. The van der Waals surface area contributed by atoms with Gasteiger partial charge in [0.05, 0.1) is 30.5 Å². The van der Waals surface area contributed by atoms with E-state index in [-0.39, 0.29) is 43.3 Å². The Morgan fingerprint density at radius 2 is 1.61 bits per heavy atom. The molecule has 0 bridgehead atoms. The van der Waals surface area contributed by atoms with E-state index in [1.54, 1.807) is 0 Å². The highest BCUT2D eigenvalue weighted by Crippen LogP contribution is 2.22. The molecule has 3 aromatic carbocycles. The summed E-state index contributed by atoms with van der Waals surface area (Å²) in [5.74, 6) is -1.80. The summed E-state index contributed by atoms with van der Waals surface area (Å²) in [5.41, 5.74) is 4.07. The van der Waals surface area contributed by atoms with E-state index < -0.39 is 18.0 Å². The second kappa shape index (κ2) is 16.6. The average molecular weight is 622 g/mol. The molecule has 4 atom stereocenters. The van der Waals surface area contributed by atoms with Gasteiger partial charge < -0.3 is 25.5 Å². The highest BCUT2D eigenvalue weighted by atomic mass is 16.5. The van der Waals surface area contributed by atoms with Gasteiger partial charge in [0.15, 0.2) is 0 Å². The van der Waals surface area contributed by atoms with Gasteiger partial charge in [-0.2, -0.15) is 0 Å². The number of allylic oxidation sites excluding steroid dienone is 2. The molecular weight excluding hydrogens is 578 g/mol. The molecule has 0 spiro atoms. The lowest BCUT2D eigenvalue weighted by atomic mass is 9.94. The SMILES string of the molecule is O=C(C[C@H]1CC=CCC[C@H](Cc2ccccc2)C(=O)OC[C@H](Cc2c[nH]c3ccccc23)NC1=O)N[C@H](CO)Cc1ccccc1. The summed E-state index contributed by atoms with van der Waals surface area (Å²) in [6.07, 6.45) is 8.96. The molecule has 8 nitrogen and oxygen atoms in total. The number of aromatic amines is 1. The van der Waals surface area contributed by atoms with Gasteiger partial charge in [-0.1, -0.05) is 91.0 Å². The van der Waals surface area contributed by atoms with E-state index in [1.165, 1.54) is 0 Å². The molecule has 0 fully saturated rings. The van der Waals surface area contributed by atoms with Crippen LogP contribution in [0.4, 0.5) is 0 Å². The smallest absolute Gasteiger partial charge is 0.309 e. The van der Waals surface area contributed by atoms with Crippen molar-refractivity contribution in [3.8, 4) is 0 Å². The number of hydrogen-bond donors (Lipinski definition) is 4. The van der Waals surface area contributed by atoms with Crippen molar-refractivity contribution in [1.29, 1.82) is 0 Å². The first-order valence-electron chi connectivity index (χ1n) is 16.1. The van der Waals surface area contributed by atoms with Crippen LogP contribution in [0.15, 0.2) is 103 Å². The number of hydrogen-bond acceptors (Lipinski definition) is 5. The maximum absolute atomic E-state index is 13.8. The summed E-state index contributed by atoms with van der Waals surface area (Å²) in [5, 5.41) is 17.0. The van der Waals surface area contributed by atoms with Crippen LogP contribution in [0.3, 0.4) is 0 Å². The molecule has 0 saturated heterocycles. The molecular formula is C38H43N3O5. The lowest BCUT2D eigenvalue weighted by molar-refractivity contribution is -0.150. The van der Waals surface area contributed by atoms with Gasteiger partial charge in [-0.05, 0) is 61.3 Å². The van der Waals surface area contributed by atoms with Crippen LogP contribution in [-0.4, -0.2) is 53.2 Å². The molecule has 8 heteroatoms. The van der Waals surface area contributed by atoms with E-state index in [1.807, 2.05) is 103 Å². The van der Waals surface area contributed by atoms with Crippen LogP contribution < -0.4 is 10.6 Å². The van der Waals surface area contributed by atoms with E-state index >= 15 is 0 Å². The number of amides is 2. The second-order valence-electron chi connectivity index (χ2n) is 12.1. The number of ether oxygens (including phenoxy) is 1. The Balaban J connectivity index is 1.32. The van der Waals surface area contributed by atoms with Gasteiger partial charge in [0.25, 0.3) is 0 Å². The Morgan fingerprint density at radius 3 is 2.37 bits per heavy atom. The van der Waals surface area contributed by atoms with Crippen LogP contribution in [0.5, 0.6) is 0 Å². The molecule has 5 rings (SSSR count). The van der Waals surface area contributed by atoms with Gasteiger partial charge in [-0.15, -0.1) is 0 Å². The van der Waals surface area contributed by atoms with Crippen molar-refractivity contribution in [3.63, 3.8) is 0 Å². The molecule has 1 aliphatic rings. The Bertz CT molecular complexity index is 1600. The highest BCUT2D eigenvalue weighted by molar-refractivity contribution is 5.87. The highest BCUT2D eigenvalue weighted by Gasteiger charge is 2.28. The van der Waals surface area contributed by atoms with Gasteiger partial charge in [-0.25, -0.2) is 0 Å². The van der Waals surface area contributed by atoms with Gasteiger partial charge in [0, 0.05) is 23.5 Å². The number of aromatic nitrogens is 1. The second-order valence-corrected chi connectivity index (χ2v) is 12.1. The van der Waals surface area contributed by atoms with Crippen molar-refractivity contribution in [2.45, 2.75) is 57.0 Å². The van der Waals surface area contributed by atoms with Crippen molar-refractivity contribution < 1.29 is 24.2 Å². The topological polar surface area (TPSA) is 121 Å². The minimum absolute atomic E-state index is 0.0192. The predicted molar refractivity (Wildman–Crippen MR) is 179 cm³/mol. The van der Waals surface area contributed by atoms with Crippen molar-refractivity contribution in [3.05, 3.63) is 120 Å². The molecule has 46 heavy (non-hydrogen) atoms. The summed E-state index contributed by atoms with van der Waals surface area (Å²) in [6.45, 7) is -0.189. The molecule has 0 saturated carbocycles. The quantitative estimate of drug-likeness (QED) is 0.146. The lowest BCUT2D eigenvalue weighted by Gasteiger charge is -2.24. The molecule has 1 aromatic heterocycles. The van der Waals surface area contributed by atoms with Crippen LogP contribution >= 0.6 is 0 Å². The van der Waals surface area contributed by atoms with Crippen LogP contribution in [0.2, 0.25) is 0 Å². The first-order valence-corrected chi connectivity index (χ1v) is 16.1. The van der Waals surface area contributed by atoms with E-state index in [4.69, 9.17) is 4.74 Å². The first-order chi connectivity index (χ1) is 22.5. The number of nitrogens with one attached hydrogen (secondary N) is 3. The van der Waals surface area contributed by atoms with E-state index in [0.717, 1.165) is 27.6 Å². The Kier molecular flexibility index (Phi) is 11.8. The zero-order valence-corrected chi connectivity index (χ0v) is 26.1. The van der Waals surface area contributed by atoms with Gasteiger partial charge in [0.1, 0.15) is 6.61 Å². The van der Waals surface area contributed by atoms with Crippen molar-refractivity contribution in [2.75, 3.05) is 13.2 Å². The molecule has 240 valence electrons. The van der Waals surface area contributed by atoms with Gasteiger partial charge in [0.2, 0.25) is 11.8 Å². The summed E-state index contributed by atoms with van der Waals surface area (Å²) in [7, 11) is 0. The van der Waals surface area contributed by atoms with Crippen LogP contribution in [0, 0.1) is 11.8 Å². The number of fused-ring (bicyclic) bond motifs is 1. The van der Waals surface area contributed by atoms with Crippen LogP contribution in [-0.2, 0) is 38.4 Å². The number of aliphatic hydroxyl groups is 1. The van der Waals surface area contributed by atoms with Crippen molar-refractivity contribution in [1.82, 2.24) is 15.6 Å². The molecule has 1 aliphatic heterocycles. The Labute approximate surface area is 270 Å². The van der Waals surface area contributed by atoms with Crippen LogP contribution in [0.1, 0.15) is 42.4 Å². The number of cyclic esters (lactones) is 1. The monoisotopic (exact) mass is 621 g/mol. The molecule has 4 N–H and O–H groups in total. The average Bonchev–Trinajstić information content (AvgIpc) is 3.48. The summed E-state index contributed by atoms with van der Waals surface area (Å²) in [4.78, 5) is 43.6. The van der Waals surface area contributed by atoms with Crippen LogP contribution in [0.25, 0.3) is 10.9 Å². The third kappa shape index (κ3) is 9.41. The third-order valence-corrected chi connectivity index (χ3v) is 8.55. The molecule has 2 amide bonds. The molecule has 0 unspecified atom stereocenters. The Hall–Kier alpha value is -4.69. The maximum atomic E-state index is 13.8. The molecule has 2 heterocycles. The third-order valence-electron chi connectivity index (χ3n) is 8.55. The summed E-state index contributed by atoms with van der Waals surface area (Å²) in [6, 6.07) is 26.6. The number of rotatable bonds is 10. The first kappa shape index (κ1) is 32.7. The van der Waals surface area contributed by atoms with E-state index in [0.29, 0.717) is 38.5 Å². The fourth-order valence-corrected chi connectivity index (χ4v) is 6.07. The molecule has 4 aromatic rings. The Morgan fingerprint density at radius 1 is 0.891 bits per heavy atom. The van der Waals surface area contributed by atoms with Gasteiger partial charge in [-0.3, -0.25) is 14.4 Å². The normalized spacial score (nSPS) is 20.1. The van der Waals surface area contributed by atoms with Gasteiger partial charge >= 0.3 is 5.97 Å². The fourth-order valence-electron chi connectivity index (χ4n) is 6.07.